The monoisotopic (exact) mass is 494 g/mol. The van der Waals surface area contributed by atoms with Crippen LogP contribution in [0.3, 0.4) is 0 Å². The van der Waals surface area contributed by atoms with E-state index in [1.807, 2.05) is 42.5 Å². The van der Waals surface area contributed by atoms with Gasteiger partial charge in [-0.3, -0.25) is 4.79 Å². The number of halogens is 2. The SMILES string of the molecule is CN(CC(=O)Nc1ccccc1SCc1ccc(Cl)cc1)S(=O)(=O)c1ccc(Cl)cc1. The molecular weight excluding hydrogens is 475 g/mol. The van der Waals surface area contributed by atoms with Crippen molar-refractivity contribution in [2.45, 2.75) is 15.5 Å². The van der Waals surface area contributed by atoms with Gasteiger partial charge in [0.25, 0.3) is 0 Å². The van der Waals surface area contributed by atoms with Crippen molar-refractivity contribution in [1.82, 2.24) is 4.31 Å². The first-order valence-electron chi connectivity index (χ1n) is 9.24. The van der Waals surface area contributed by atoms with E-state index in [4.69, 9.17) is 23.2 Å². The summed E-state index contributed by atoms with van der Waals surface area (Å²) in [5.74, 6) is 0.272. The number of hydrogen-bond acceptors (Lipinski definition) is 4. The van der Waals surface area contributed by atoms with Gasteiger partial charge in [-0.15, -0.1) is 11.8 Å². The zero-order valence-electron chi connectivity index (χ0n) is 16.6. The van der Waals surface area contributed by atoms with E-state index in [-0.39, 0.29) is 11.4 Å². The minimum absolute atomic E-state index is 0.0751. The van der Waals surface area contributed by atoms with E-state index in [0.717, 1.165) is 14.8 Å². The van der Waals surface area contributed by atoms with E-state index in [1.54, 1.807) is 17.8 Å². The molecule has 0 saturated carbocycles. The Balaban J connectivity index is 1.65. The maximum atomic E-state index is 12.7. The number of carbonyl (C=O) groups is 1. The Kier molecular flexibility index (Phi) is 8.02. The van der Waals surface area contributed by atoms with Crippen LogP contribution < -0.4 is 5.32 Å². The summed E-state index contributed by atoms with van der Waals surface area (Å²) in [7, 11) is -2.44. The summed E-state index contributed by atoms with van der Waals surface area (Å²) in [5, 5.41) is 3.93. The van der Waals surface area contributed by atoms with E-state index in [1.165, 1.54) is 31.3 Å². The number of nitrogens with zero attached hydrogens (tertiary/aromatic N) is 1. The first kappa shape index (κ1) is 23.6. The normalized spacial score (nSPS) is 11.5. The molecule has 3 aromatic carbocycles. The molecule has 0 aromatic heterocycles. The van der Waals surface area contributed by atoms with Crippen molar-refractivity contribution in [1.29, 1.82) is 0 Å². The number of thioether (sulfide) groups is 1. The highest BCUT2D eigenvalue weighted by molar-refractivity contribution is 7.98. The molecule has 0 spiro atoms. The number of nitrogens with one attached hydrogen (secondary N) is 1. The molecule has 5 nitrogen and oxygen atoms in total. The lowest BCUT2D eigenvalue weighted by atomic mass is 10.2. The summed E-state index contributed by atoms with van der Waals surface area (Å²) >= 11 is 13.3. The summed E-state index contributed by atoms with van der Waals surface area (Å²) in [6.07, 6.45) is 0. The fourth-order valence-electron chi connectivity index (χ4n) is 2.70. The number of amides is 1. The minimum Gasteiger partial charge on any atom is -0.324 e. The molecule has 3 rings (SSSR count). The zero-order valence-corrected chi connectivity index (χ0v) is 19.7. The molecule has 1 N–H and O–H groups in total. The lowest BCUT2D eigenvalue weighted by molar-refractivity contribution is -0.116. The van der Waals surface area contributed by atoms with E-state index < -0.39 is 15.9 Å². The molecule has 31 heavy (non-hydrogen) atoms. The number of sulfonamides is 1. The Hall–Kier alpha value is -2.03. The summed E-state index contributed by atoms with van der Waals surface area (Å²) in [5.41, 5.74) is 1.73. The fraction of sp³-hybridized carbons (Fsp3) is 0.136. The zero-order chi connectivity index (χ0) is 22.4. The molecular formula is C22H20Cl2N2O3S2. The predicted molar refractivity (Wildman–Crippen MR) is 127 cm³/mol. The molecule has 0 bridgehead atoms. The molecule has 0 aliphatic carbocycles. The molecule has 0 heterocycles. The highest BCUT2D eigenvalue weighted by Gasteiger charge is 2.23. The van der Waals surface area contributed by atoms with E-state index in [2.05, 4.69) is 5.32 Å². The second-order valence-electron chi connectivity index (χ2n) is 6.67. The van der Waals surface area contributed by atoms with Crippen LogP contribution in [0.25, 0.3) is 0 Å². The van der Waals surface area contributed by atoms with Crippen LogP contribution in [0.4, 0.5) is 5.69 Å². The molecule has 9 heteroatoms. The Morgan fingerprint density at radius 2 is 1.52 bits per heavy atom. The number of rotatable bonds is 8. The van der Waals surface area contributed by atoms with E-state index in [0.29, 0.717) is 21.5 Å². The number of anilines is 1. The van der Waals surface area contributed by atoms with E-state index >= 15 is 0 Å². The topological polar surface area (TPSA) is 66.5 Å². The van der Waals surface area contributed by atoms with Crippen LogP contribution in [0.15, 0.2) is 82.6 Å². The second kappa shape index (κ2) is 10.5. The second-order valence-corrected chi connectivity index (χ2v) is 10.6. The van der Waals surface area contributed by atoms with Crippen molar-refractivity contribution in [3.05, 3.63) is 88.4 Å². The number of likely N-dealkylation sites (N-methyl/N-ethyl adjacent to an activating group) is 1. The van der Waals surface area contributed by atoms with Crippen molar-refractivity contribution >= 4 is 56.6 Å². The van der Waals surface area contributed by atoms with Gasteiger partial charge >= 0.3 is 0 Å². The molecule has 3 aromatic rings. The molecule has 0 atom stereocenters. The summed E-state index contributed by atoms with van der Waals surface area (Å²) < 4.78 is 26.4. The number of para-hydroxylation sites is 1. The van der Waals surface area contributed by atoms with Gasteiger partial charge in [-0.25, -0.2) is 8.42 Å². The van der Waals surface area contributed by atoms with Gasteiger partial charge in [0, 0.05) is 27.7 Å². The highest BCUT2D eigenvalue weighted by Crippen LogP contribution is 2.30. The van der Waals surface area contributed by atoms with Gasteiger partial charge in [0.1, 0.15) is 0 Å². The number of carbonyl (C=O) groups excluding carboxylic acids is 1. The Labute approximate surface area is 196 Å². The fourth-order valence-corrected chi connectivity index (χ4v) is 5.04. The minimum atomic E-state index is -3.81. The van der Waals surface area contributed by atoms with Crippen molar-refractivity contribution in [2.75, 3.05) is 18.9 Å². The summed E-state index contributed by atoms with van der Waals surface area (Å²) in [6.45, 7) is -0.318. The smallest absolute Gasteiger partial charge is 0.243 e. The van der Waals surface area contributed by atoms with Crippen LogP contribution in [-0.4, -0.2) is 32.2 Å². The van der Waals surface area contributed by atoms with Gasteiger partial charge in [0.2, 0.25) is 15.9 Å². The first-order valence-corrected chi connectivity index (χ1v) is 12.4. The van der Waals surface area contributed by atoms with Gasteiger partial charge in [0.05, 0.1) is 17.1 Å². The molecule has 0 radical (unpaired) electrons. The molecule has 0 fully saturated rings. The van der Waals surface area contributed by atoms with Crippen LogP contribution in [-0.2, 0) is 20.6 Å². The molecule has 0 saturated heterocycles. The quantitative estimate of drug-likeness (QED) is 0.417. The molecule has 162 valence electrons. The Bertz CT molecular complexity index is 1150. The lowest BCUT2D eigenvalue weighted by Crippen LogP contribution is -2.35. The average molecular weight is 495 g/mol. The number of benzene rings is 3. The van der Waals surface area contributed by atoms with Gasteiger partial charge in [-0.05, 0) is 54.1 Å². The van der Waals surface area contributed by atoms with Crippen molar-refractivity contribution < 1.29 is 13.2 Å². The van der Waals surface area contributed by atoms with E-state index in [9.17, 15) is 13.2 Å². The van der Waals surface area contributed by atoms with Crippen molar-refractivity contribution in [3.63, 3.8) is 0 Å². The van der Waals surface area contributed by atoms with Crippen molar-refractivity contribution in [3.8, 4) is 0 Å². The largest absolute Gasteiger partial charge is 0.324 e. The van der Waals surface area contributed by atoms with Crippen LogP contribution in [0.1, 0.15) is 5.56 Å². The van der Waals surface area contributed by atoms with Crippen LogP contribution in [0.2, 0.25) is 10.0 Å². The van der Waals surface area contributed by atoms with Gasteiger partial charge < -0.3 is 5.32 Å². The standard InChI is InChI=1S/C22H20Cl2N2O3S2/c1-26(31(28,29)19-12-10-18(24)11-13-19)14-22(27)25-20-4-2-3-5-21(20)30-15-16-6-8-17(23)9-7-16/h2-13H,14-15H2,1H3,(H,25,27). The maximum absolute atomic E-state index is 12.7. The Morgan fingerprint density at radius 1 is 0.935 bits per heavy atom. The van der Waals surface area contributed by atoms with Gasteiger partial charge in [-0.1, -0.05) is 47.5 Å². The third-order valence-corrected chi connectivity index (χ3v) is 7.82. The predicted octanol–water partition coefficient (Wildman–Crippen LogP) is 5.54. The summed E-state index contributed by atoms with van der Waals surface area (Å²) in [4.78, 5) is 13.5. The third-order valence-electron chi connectivity index (χ3n) is 4.36. The first-order chi connectivity index (χ1) is 14.8. The molecule has 0 unspecified atom stereocenters. The molecule has 0 aliphatic heterocycles. The lowest BCUT2D eigenvalue weighted by Gasteiger charge is -2.18. The van der Waals surface area contributed by atoms with Crippen LogP contribution in [0, 0.1) is 0 Å². The number of hydrogen-bond donors (Lipinski definition) is 1. The Morgan fingerprint density at radius 3 is 2.16 bits per heavy atom. The summed E-state index contributed by atoms with van der Waals surface area (Å²) in [6, 6.07) is 20.8. The highest BCUT2D eigenvalue weighted by atomic mass is 35.5. The maximum Gasteiger partial charge on any atom is 0.243 e. The van der Waals surface area contributed by atoms with Gasteiger partial charge in [-0.2, -0.15) is 4.31 Å². The van der Waals surface area contributed by atoms with Gasteiger partial charge in [0.15, 0.2) is 0 Å². The molecule has 0 aliphatic rings. The van der Waals surface area contributed by atoms with Crippen LogP contribution >= 0.6 is 35.0 Å². The average Bonchev–Trinajstić information content (AvgIpc) is 2.74. The molecule has 1 amide bonds. The third kappa shape index (κ3) is 6.48. The van der Waals surface area contributed by atoms with Crippen molar-refractivity contribution in [2.24, 2.45) is 0 Å². The van der Waals surface area contributed by atoms with Crippen LogP contribution in [0.5, 0.6) is 0 Å².